The molecule has 0 aromatic heterocycles. The first kappa shape index (κ1) is 11.9. The summed E-state index contributed by atoms with van der Waals surface area (Å²) >= 11 is 0. The fourth-order valence-electron chi connectivity index (χ4n) is 2.01. The number of aliphatic carboxylic acids is 1. The van der Waals surface area contributed by atoms with E-state index in [9.17, 15) is 4.79 Å². The van der Waals surface area contributed by atoms with Crippen LogP contribution in [0, 0.1) is 5.92 Å². The number of carbonyl (C=O) groups is 1. The standard InChI is InChI=1S/C14H17NO2/c1-10(2)12-5-3-11(4-6-12)7-15-8-13(9-15)14(16)17/h3-6,13H,1,7-9H2,2H3,(H,16,17). The van der Waals surface area contributed by atoms with Crippen molar-refractivity contribution in [3.05, 3.63) is 42.0 Å². The summed E-state index contributed by atoms with van der Waals surface area (Å²) in [7, 11) is 0. The lowest BCUT2D eigenvalue weighted by atomic mass is 9.99. The molecule has 3 nitrogen and oxygen atoms in total. The minimum absolute atomic E-state index is 0.176. The quantitative estimate of drug-likeness (QED) is 0.864. The van der Waals surface area contributed by atoms with Crippen LogP contribution in [0.25, 0.3) is 5.57 Å². The highest BCUT2D eigenvalue weighted by Crippen LogP contribution is 2.20. The molecular weight excluding hydrogens is 214 g/mol. The molecule has 1 heterocycles. The Morgan fingerprint density at radius 2 is 2.00 bits per heavy atom. The maximum absolute atomic E-state index is 10.7. The lowest BCUT2D eigenvalue weighted by molar-refractivity contribution is -0.147. The first-order valence-corrected chi connectivity index (χ1v) is 5.76. The molecule has 1 aromatic rings. The molecule has 0 bridgehead atoms. The molecule has 90 valence electrons. The highest BCUT2D eigenvalue weighted by molar-refractivity contribution is 5.71. The van der Waals surface area contributed by atoms with Gasteiger partial charge in [-0.05, 0) is 18.1 Å². The molecule has 3 heteroatoms. The van der Waals surface area contributed by atoms with E-state index in [-0.39, 0.29) is 5.92 Å². The van der Waals surface area contributed by atoms with Crippen molar-refractivity contribution in [3.8, 4) is 0 Å². The molecule has 2 rings (SSSR count). The molecule has 1 aromatic carbocycles. The van der Waals surface area contributed by atoms with Gasteiger partial charge in [-0.1, -0.05) is 36.4 Å². The largest absolute Gasteiger partial charge is 0.481 e. The normalized spacial score (nSPS) is 16.5. The first-order valence-electron chi connectivity index (χ1n) is 5.76. The lowest BCUT2D eigenvalue weighted by Crippen LogP contribution is -2.49. The zero-order valence-corrected chi connectivity index (χ0v) is 10.0. The maximum atomic E-state index is 10.7. The van der Waals surface area contributed by atoms with E-state index in [4.69, 9.17) is 5.11 Å². The zero-order chi connectivity index (χ0) is 12.4. The highest BCUT2D eigenvalue weighted by atomic mass is 16.4. The Bertz CT molecular complexity index is 430. The maximum Gasteiger partial charge on any atom is 0.309 e. The number of carboxylic acids is 1. The molecule has 0 saturated carbocycles. The van der Waals surface area contributed by atoms with E-state index in [0.29, 0.717) is 13.1 Å². The van der Waals surface area contributed by atoms with Gasteiger partial charge in [-0.25, -0.2) is 0 Å². The Hall–Kier alpha value is -1.61. The van der Waals surface area contributed by atoms with Gasteiger partial charge in [-0.15, -0.1) is 0 Å². The molecule has 0 radical (unpaired) electrons. The second kappa shape index (κ2) is 4.72. The lowest BCUT2D eigenvalue weighted by Gasteiger charge is -2.36. The number of nitrogens with zero attached hydrogens (tertiary/aromatic N) is 1. The van der Waals surface area contributed by atoms with Crippen molar-refractivity contribution in [2.45, 2.75) is 13.5 Å². The fourth-order valence-corrected chi connectivity index (χ4v) is 2.01. The monoisotopic (exact) mass is 231 g/mol. The molecule has 1 N–H and O–H groups in total. The average molecular weight is 231 g/mol. The van der Waals surface area contributed by atoms with Crippen LogP contribution >= 0.6 is 0 Å². The minimum Gasteiger partial charge on any atom is -0.481 e. The smallest absolute Gasteiger partial charge is 0.309 e. The topological polar surface area (TPSA) is 40.5 Å². The van der Waals surface area contributed by atoms with Crippen LogP contribution in [0.3, 0.4) is 0 Å². The summed E-state index contributed by atoms with van der Waals surface area (Å²) in [6, 6.07) is 8.29. The van der Waals surface area contributed by atoms with Gasteiger partial charge in [0.15, 0.2) is 0 Å². The Labute approximate surface area is 101 Å². The minimum atomic E-state index is -0.682. The molecule has 0 aliphatic carbocycles. The van der Waals surface area contributed by atoms with Crippen LogP contribution in [0.5, 0.6) is 0 Å². The van der Waals surface area contributed by atoms with Crippen molar-refractivity contribution in [1.82, 2.24) is 4.90 Å². The molecular formula is C14H17NO2. The van der Waals surface area contributed by atoms with Gasteiger partial charge in [0, 0.05) is 19.6 Å². The molecule has 0 spiro atoms. The molecule has 1 fully saturated rings. The van der Waals surface area contributed by atoms with Crippen molar-refractivity contribution < 1.29 is 9.90 Å². The van der Waals surface area contributed by atoms with Crippen molar-refractivity contribution in [2.75, 3.05) is 13.1 Å². The third kappa shape index (κ3) is 2.74. The number of hydrogen-bond donors (Lipinski definition) is 1. The Kier molecular flexibility index (Phi) is 3.29. The molecule has 0 atom stereocenters. The van der Waals surface area contributed by atoms with Gasteiger partial charge < -0.3 is 5.11 Å². The third-order valence-electron chi connectivity index (χ3n) is 3.16. The molecule has 1 aliphatic rings. The summed E-state index contributed by atoms with van der Waals surface area (Å²) in [5.74, 6) is -0.858. The predicted octanol–water partition coefficient (Wildman–Crippen LogP) is 2.24. The van der Waals surface area contributed by atoms with Gasteiger partial charge in [-0.3, -0.25) is 9.69 Å². The second-order valence-corrected chi connectivity index (χ2v) is 4.71. The van der Waals surface area contributed by atoms with Crippen molar-refractivity contribution >= 4 is 11.5 Å². The van der Waals surface area contributed by atoms with Gasteiger partial charge in [-0.2, -0.15) is 0 Å². The highest BCUT2D eigenvalue weighted by Gasteiger charge is 2.31. The second-order valence-electron chi connectivity index (χ2n) is 4.71. The number of carboxylic acid groups (broad SMARTS) is 1. The number of allylic oxidation sites excluding steroid dienone is 1. The Morgan fingerprint density at radius 3 is 2.47 bits per heavy atom. The van der Waals surface area contributed by atoms with Crippen LogP contribution in [0.2, 0.25) is 0 Å². The van der Waals surface area contributed by atoms with E-state index in [1.807, 2.05) is 6.92 Å². The third-order valence-corrected chi connectivity index (χ3v) is 3.16. The summed E-state index contributed by atoms with van der Waals surface area (Å²) in [4.78, 5) is 12.8. The fraction of sp³-hybridized carbons (Fsp3) is 0.357. The molecule has 17 heavy (non-hydrogen) atoms. The summed E-state index contributed by atoms with van der Waals surface area (Å²) in [5, 5.41) is 8.78. The first-order chi connectivity index (χ1) is 8.06. The van der Waals surface area contributed by atoms with Crippen molar-refractivity contribution in [1.29, 1.82) is 0 Å². The van der Waals surface area contributed by atoms with Crippen LogP contribution in [-0.2, 0) is 11.3 Å². The summed E-state index contributed by atoms with van der Waals surface area (Å²) in [6.07, 6.45) is 0. The van der Waals surface area contributed by atoms with Crippen LogP contribution in [0.1, 0.15) is 18.1 Å². The van der Waals surface area contributed by atoms with Crippen LogP contribution in [0.4, 0.5) is 0 Å². The van der Waals surface area contributed by atoms with E-state index in [1.165, 1.54) is 5.56 Å². The van der Waals surface area contributed by atoms with E-state index in [0.717, 1.165) is 17.7 Å². The van der Waals surface area contributed by atoms with Gasteiger partial charge in [0.25, 0.3) is 0 Å². The van der Waals surface area contributed by atoms with Crippen molar-refractivity contribution in [2.24, 2.45) is 5.92 Å². The number of hydrogen-bond acceptors (Lipinski definition) is 2. The number of benzene rings is 1. The van der Waals surface area contributed by atoms with Gasteiger partial charge >= 0.3 is 5.97 Å². The average Bonchev–Trinajstić information content (AvgIpc) is 2.23. The van der Waals surface area contributed by atoms with Gasteiger partial charge in [0.1, 0.15) is 0 Å². The molecule has 1 aliphatic heterocycles. The van der Waals surface area contributed by atoms with Crippen LogP contribution in [0.15, 0.2) is 30.8 Å². The molecule has 0 amide bonds. The van der Waals surface area contributed by atoms with Crippen LogP contribution in [-0.4, -0.2) is 29.1 Å². The van der Waals surface area contributed by atoms with E-state index in [1.54, 1.807) is 0 Å². The Morgan fingerprint density at radius 1 is 1.41 bits per heavy atom. The SMILES string of the molecule is C=C(C)c1ccc(CN2CC(C(=O)O)C2)cc1. The number of likely N-dealkylation sites (tertiary alicyclic amines) is 1. The summed E-state index contributed by atoms with van der Waals surface area (Å²) in [6.45, 7) is 8.05. The van der Waals surface area contributed by atoms with Crippen LogP contribution < -0.4 is 0 Å². The van der Waals surface area contributed by atoms with E-state index < -0.39 is 5.97 Å². The molecule has 0 unspecified atom stereocenters. The van der Waals surface area contributed by atoms with Gasteiger partial charge in [0.2, 0.25) is 0 Å². The zero-order valence-electron chi connectivity index (χ0n) is 10.0. The van der Waals surface area contributed by atoms with E-state index in [2.05, 4.69) is 35.7 Å². The number of rotatable bonds is 4. The van der Waals surface area contributed by atoms with Gasteiger partial charge in [0.05, 0.1) is 5.92 Å². The predicted molar refractivity (Wildman–Crippen MR) is 67.6 cm³/mol. The summed E-state index contributed by atoms with van der Waals surface area (Å²) in [5.41, 5.74) is 3.44. The Balaban J connectivity index is 1.88. The van der Waals surface area contributed by atoms with E-state index >= 15 is 0 Å². The summed E-state index contributed by atoms with van der Waals surface area (Å²) < 4.78 is 0. The molecule has 1 saturated heterocycles. The van der Waals surface area contributed by atoms with Crippen molar-refractivity contribution in [3.63, 3.8) is 0 Å².